The van der Waals surface area contributed by atoms with Crippen molar-refractivity contribution in [2.24, 2.45) is 0 Å². The Morgan fingerprint density at radius 2 is 1.95 bits per heavy atom. The summed E-state index contributed by atoms with van der Waals surface area (Å²) in [7, 11) is -1.90. The maximum absolute atomic E-state index is 12.7. The van der Waals surface area contributed by atoms with E-state index in [2.05, 4.69) is 5.10 Å². The first-order chi connectivity index (χ1) is 9.86. The van der Waals surface area contributed by atoms with Crippen molar-refractivity contribution in [2.45, 2.75) is 38.8 Å². The van der Waals surface area contributed by atoms with Gasteiger partial charge in [0.1, 0.15) is 0 Å². The molecule has 0 unspecified atom stereocenters. The summed E-state index contributed by atoms with van der Waals surface area (Å²) in [5.74, 6) is 0. The molecule has 2 rings (SSSR count). The van der Waals surface area contributed by atoms with Crippen molar-refractivity contribution in [1.82, 2.24) is 14.1 Å². The molecule has 2 aromatic rings. The average Bonchev–Trinajstić information content (AvgIpc) is 2.88. The SMILES string of the molecule is CCn1nccc1CN(C)S(=O)(=O)c1cc(C)ccc1C. The molecule has 0 aliphatic rings. The predicted octanol–water partition coefficient (Wildman–Crippen LogP) is 2.34. The third-order valence-electron chi connectivity index (χ3n) is 3.52. The Labute approximate surface area is 126 Å². The molecule has 0 saturated heterocycles. The highest BCUT2D eigenvalue weighted by atomic mass is 32.2. The van der Waals surface area contributed by atoms with Gasteiger partial charge in [-0.15, -0.1) is 0 Å². The quantitative estimate of drug-likeness (QED) is 0.852. The molecule has 0 aliphatic heterocycles. The van der Waals surface area contributed by atoms with Crippen molar-refractivity contribution in [3.8, 4) is 0 Å². The summed E-state index contributed by atoms with van der Waals surface area (Å²) in [6.45, 7) is 6.72. The van der Waals surface area contributed by atoms with Crippen LogP contribution in [0.5, 0.6) is 0 Å². The van der Waals surface area contributed by atoms with Crippen molar-refractivity contribution in [1.29, 1.82) is 0 Å². The summed E-state index contributed by atoms with van der Waals surface area (Å²) < 4.78 is 28.6. The summed E-state index contributed by atoms with van der Waals surface area (Å²) in [5.41, 5.74) is 2.58. The maximum Gasteiger partial charge on any atom is 0.243 e. The minimum absolute atomic E-state index is 0.309. The first-order valence-corrected chi connectivity index (χ1v) is 8.34. The Morgan fingerprint density at radius 1 is 1.24 bits per heavy atom. The van der Waals surface area contributed by atoms with Gasteiger partial charge in [0.2, 0.25) is 10.0 Å². The largest absolute Gasteiger partial charge is 0.269 e. The molecule has 0 radical (unpaired) electrons. The van der Waals surface area contributed by atoms with Gasteiger partial charge >= 0.3 is 0 Å². The Kier molecular flexibility index (Phi) is 4.49. The van der Waals surface area contributed by atoms with Crippen molar-refractivity contribution in [3.05, 3.63) is 47.3 Å². The van der Waals surface area contributed by atoms with E-state index < -0.39 is 10.0 Å². The maximum atomic E-state index is 12.7. The summed E-state index contributed by atoms with van der Waals surface area (Å²) in [6, 6.07) is 7.32. The van der Waals surface area contributed by atoms with Crippen LogP contribution in [0.1, 0.15) is 23.7 Å². The molecule has 1 aromatic carbocycles. The number of hydrogen-bond donors (Lipinski definition) is 0. The van der Waals surface area contributed by atoms with E-state index in [0.29, 0.717) is 11.4 Å². The smallest absolute Gasteiger partial charge is 0.243 e. The van der Waals surface area contributed by atoms with Gasteiger partial charge in [0, 0.05) is 19.8 Å². The van der Waals surface area contributed by atoms with Gasteiger partial charge in [-0.05, 0) is 44.0 Å². The highest BCUT2D eigenvalue weighted by Crippen LogP contribution is 2.21. The molecule has 0 spiro atoms. The molecule has 0 aliphatic carbocycles. The molecule has 0 amide bonds. The van der Waals surface area contributed by atoms with Gasteiger partial charge in [0.25, 0.3) is 0 Å². The summed E-state index contributed by atoms with van der Waals surface area (Å²) >= 11 is 0. The van der Waals surface area contributed by atoms with Crippen LogP contribution < -0.4 is 0 Å². The standard InChI is InChI=1S/C15H21N3O2S/c1-5-18-14(8-9-16-18)11-17(4)21(19,20)15-10-12(2)6-7-13(15)3/h6-10H,5,11H2,1-4H3. The van der Waals surface area contributed by atoms with Gasteiger partial charge in [-0.25, -0.2) is 8.42 Å². The topological polar surface area (TPSA) is 55.2 Å². The van der Waals surface area contributed by atoms with Crippen molar-refractivity contribution < 1.29 is 8.42 Å². The molecule has 0 atom stereocenters. The molecule has 0 fully saturated rings. The van der Waals surface area contributed by atoms with Gasteiger partial charge in [-0.1, -0.05) is 12.1 Å². The number of hydrogen-bond acceptors (Lipinski definition) is 3. The molecule has 5 nitrogen and oxygen atoms in total. The molecular formula is C15H21N3O2S. The van der Waals surface area contributed by atoms with Gasteiger partial charge in [-0.2, -0.15) is 9.40 Å². The van der Waals surface area contributed by atoms with E-state index in [1.165, 1.54) is 4.31 Å². The fourth-order valence-electron chi connectivity index (χ4n) is 2.25. The second-order valence-corrected chi connectivity index (χ2v) is 7.18. The van der Waals surface area contributed by atoms with Crippen LogP contribution in [-0.2, 0) is 23.1 Å². The van der Waals surface area contributed by atoms with Crippen LogP contribution in [0.2, 0.25) is 0 Å². The summed E-state index contributed by atoms with van der Waals surface area (Å²) in [4.78, 5) is 0.368. The average molecular weight is 307 g/mol. The number of aromatic nitrogens is 2. The monoisotopic (exact) mass is 307 g/mol. The fourth-order valence-corrected chi connectivity index (χ4v) is 3.69. The summed E-state index contributed by atoms with van der Waals surface area (Å²) in [5, 5.41) is 4.17. The van der Waals surface area contributed by atoms with Crippen LogP contribution in [0.4, 0.5) is 0 Å². The highest BCUT2D eigenvalue weighted by molar-refractivity contribution is 7.89. The van der Waals surface area contributed by atoms with Gasteiger partial charge in [0.05, 0.1) is 17.1 Å². The van der Waals surface area contributed by atoms with E-state index in [1.807, 2.05) is 39.0 Å². The summed E-state index contributed by atoms with van der Waals surface area (Å²) in [6.07, 6.45) is 1.69. The van der Waals surface area contributed by atoms with E-state index >= 15 is 0 Å². The third kappa shape index (κ3) is 3.16. The predicted molar refractivity (Wildman–Crippen MR) is 82.5 cm³/mol. The van der Waals surface area contributed by atoms with E-state index in [-0.39, 0.29) is 0 Å². The molecule has 1 aromatic heterocycles. The molecular weight excluding hydrogens is 286 g/mol. The van der Waals surface area contributed by atoms with E-state index in [4.69, 9.17) is 0 Å². The second-order valence-electron chi connectivity index (χ2n) is 5.17. The second kappa shape index (κ2) is 5.99. The number of rotatable bonds is 5. The molecule has 6 heteroatoms. The lowest BCUT2D eigenvalue weighted by Crippen LogP contribution is -2.28. The minimum Gasteiger partial charge on any atom is -0.269 e. The fraction of sp³-hybridized carbons (Fsp3) is 0.400. The Balaban J connectivity index is 2.33. The lowest BCUT2D eigenvalue weighted by Gasteiger charge is -2.19. The van der Waals surface area contributed by atoms with Crippen LogP contribution >= 0.6 is 0 Å². The minimum atomic E-state index is -3.50. The Bertz CT molecular complexity index is 735. The zero-order chi connectivity index (χ0) is 15.6. The van der Waals surface area contributed by atoms with E-state index in [1.54, 1.807) is 24.0 Å². The van der Waals surface area contributed by atoms with Crippen LogP contribution in [0, 0.1) is 13.8 Å². The number of nitrogens with zero attached hydrogens (tertiary/aromatic N) is 3. The normalized spacial score (nSPS) is 12.0. The third-order valence-corrected chi connectivity index (χ3v) is 5.47. The van der Waals surface area contributed by atoms with Gasteiger partial charge in [0.15, 0.2) is 0 Å². The van der Waals surface area contributed by atoms with Crippen LogP contribution in [-0.4, -0.2) is 29.6 Å². The van der Waals surface area contributed by atoms with Gasteiger partial charge in [-0.3, -0.25) is 4.68 Å². The number of benzene rings is 1. The highest BCUT2D eigenvalue weighted by Gasteiger charge is 2.23. The molecule has 0 bridgehead atoms. The van der Waals surface area contributed by atoms with E-state index in [9.17, 15) is 8.42 Å². The van der Waals surface area contributed by atoms with Crippen molar-refractivity contribution in [2.75, 3.05) is 7.05 Å². The van der Waals surface area contributed by atoms with Crippen molar-refractivity contribution in [3.63, 3.8) is 0 Å². The van der Waals surface area contributed by atoms with Crippen molar-refractivity contribution >= 4 is 10.0 Å². The Morgan fingerprint density at radius 3 is 2.62 bits per heavy atom. The van der Waals surface area contributed by atoms with Crippen LogP contribution in [0.3, 0.4) is 0 Å². The molecule has 1 heterocycles. The van der Waals surface area contributed by atoms with Crippen LogP contribution in [0.25, 0.3) is 0 Å². The molecule has 0 N–H and O–H groups in total. The zero-order valence-electron chi connectivity index (χ0n) is 12.9. The molecule has 114 valence electrons. The number of aryl methyl sites for hydroxylation is 3. The lowest BCUT2D eigenvalue weighted by molar-refractivity contribution is 0.446. The number of sulfonamides is 1. The molecule has 21 heavy (non-hydrogen) atoms. The van der Waals surface area contributed by atoms with Gasteiger partial charge < -0.3 is 0 Å². The zero-order valence-corrected chi connectivity index (χ0v) is 13.7. The first-order valence-electron chi connectivity index (χ1n) is 6.90. The molecule has 0 saturated carbocycles. The van der Waals surface area contributed by atoms with Crippen LogP contribution in [0.15, 0.2) is 35.4 Å². The lowest BCUT2D eigenvalue weighted by atomic mass is 10.2. The Hall–Kier alpha value is -1.66. The first kappa shape index (κ1) is 15.7. The van der Waals surface area contributed by atoms with E-state index in [0.717, 1.165) is 23.4 Å².